The molecule has 1 saturated heterocycles. The summed E-state index contributed by atoms with van der Waals surface area (Å²) in [5.41, 5.74) is 3.73. The average Bonchev–Trinajstić information content (AvgIpc) is 2.72. The van der Waals surface area contributed by atoms with Crippen molar-refractivity contribution >= 4 is 17.7 Å². The fraction of sp³-hybridized carbons (Fsp3) is 0.273. The maximum atomic E-state index is 11.1. The molecule has 5 heteroatoms. The zero-order valence-electron chi connectivity index (χ0n) is 15.7. The van der Waals surface area contributed by atoms with Crippen molar-refractivity contribution in [3.8, 4) is 11.8 Å². The molecule has 5 nitrogen and oxygen atoms in total. The van der Waals surface area contributed by atoms with E-state index in [1.54, 1.807) is 12.3 Å². The molecule has 0 aliphatic carbocycles. The Morgan fingerprint density at radius 3 is 2.33 bits per heavy atom. The highest BCUT2D eigenvalue weighted by molar-refractivity contribution is 5.86. The van der Waals surface area contributed by atoms with Crippen LogP contribution in [0.3, 0.4) is 0 Å². The van der Waals surface area contributed by atoms with Crippen molar-refractivity contribution in [2.75, 3.05) is 45.2 Å². The first-order chi connectivity index (χ1) is 13.1. The molecule has 0 radical (unpaired) electrons. The quantitative estimate of drug-likeness (QED) is 0.477. The van der Waals surface area contributed by atoms with Crippen LogP contribution in [0.1, 0.15) is 16.8 Å². The highest BCUT2D eigenvalue weighted by Gasteiger charge is 2.13. The fourth-order valence-corrected chi connectivity index (χ4v) is 2.76. The molecular formula is C22H23N3O2. The normalized spacial score (nSPS) is 14.7. The number of piperazine rings is 1. The van der Waals surface area contributed by atoms with Crippen molar-refractivity contribution in [2.24, 2.45) is 0 Å². The molecule has 0 amide bonds. The van der Waals surface area contributed by atoms with Gasteiger partial charge in [0.05, 0.1) is 12.8 Å². The average molecular weight is 361 g/mol. The molecule has 0 unspecified atom stereocenters. The Balaban J connectivity index is 1.62. The first-order valence-electron chi connectivity index (χ1n) is 8.92. The minimum Gasteiger partial charge on any atom is -0.466 e. The smallest absolute Gasteiger partial charge is 0.330 e. The van der Waals surface area contributed by atoms with E-state index >= 15 is 0 Å². The minimum absolute atomic E-state index is 0.402. The Kier molecular flexibility index (Phi) is 6.24. The van der Waals surface area contributed by atoms with Gasteiger partial charge in [-0.1, -0.05) is 11.8 Å². The van der Waals surface area contributed by atoms with Crippen LogP contribution in [0.5, 0.6) is 0 Å². The van der Waals surface area contributed by atoms with Crippen LogP contribution in [0.15, 0.2) is 48.7 Å². The number of rotatable bonds is 3. The zero-order valence-corrected chi connectivity index (χ0v) is 15.7. The number of methoxy groups -OCH3 is 1. The Bertz CT molecular complexity index is 853. The lowest BCUT2D eigenvalue weighted by Crippen LogP contribution is -2.44. The lowest BCUT2D eigenvalue weighted by molar-refractivity contribution is -0.134. The SMILES string of the molecule is COC(=O)/C=C/c1ccc(C#Cc2ccc(N3CCN(C)CC3)cc2)cn1. The van der Waals surface area contributed by atoms with Gasteiger partial charge in [0.15, 0.2) is 0 Å². The van der Waals surface area contributed by atoms with Gasteiger partial charge in [-0.2, -0.15) is 0 Å². The van der Waals surface area contributed by atoms with Crippen molar-refractivity contribution < 1.29 is 9.53 Å². The number of carbonyl (C=O) groups excluding carboxylic acids is 1. The second-order valence-corrected chi connectivity index (χ2v) is 6.42. The number of aromatic nitrogens is 1. The molecule has 0 bridgehead atoms. The second kappa shape index (κ2) is 9.02. The van der Waals surface area contributed by atoms with Crippen molar-refractivity contribution in [2.45, 2.75) is 0 Å². The van der Waals surface area contributed by atoms with Gasteiger partial charge >= 0.3 is 5.97 Å². The van der Waals surface area contributed by atoms with Gasteiger partial charge in [-0.3, -0.25) is 4.98 Å². The third-order valence-corrected chi connectivity index (χ3v) is 4.46. The molecule has 1 aliphatic rings. The third kappa shape index (κ3) is 5.44. The Morgan fingerprint density at radius 1 is 1.04 bits per heavy atom. The van der Waals surface area contributed by atoms with E-state index in [4.69, 9.17) is 0 Å². The fourth-order valence-electron chi connectivity index (χ4n) is 2.76. The lowest BCUT2D eigenvalue weighted by atomic mass is 10.1. The molecule has 1 aromatic carbocycles. The van der Waals surface area contributed by atoms with Crippen LogP contribution in [0.25, 0.3) is 6.08 Å². The summed E-state index contributed by atoms with van der Waals surface area (Å²) >= 11 is 0. The summed E-state index contributed by atoms with van der Waals surface area (Å²) in [4.78, 5) is 20.1. The first-order valence-corrected chi connectivity index (χ1v) is 8.92. The van der Waals surface area contributed by atoms with Crippen molar-refractivity contribution in [1.82, 2.24) is 9.88 Å². The van der Waals surface area contributed by atoms with Gasteiger partial charge in [0.25, 0.3) is 0 Å². The predicted octanol–water partition coefficient (Wildman–Crippen LogP) is 2.42. The van der Waals surface area contributed by atoms with Gasteiger partial charge in [0, 0.05) is 55.3 Å². The monoisotopic (exact) mass is 361 g/mol. The number of hydrogen-bond donors (Lipinski definition) is 0. The summed E-state index contributed by atoms with van der Waals surface area (Å²) in [6.45, 7) is 4.31. The number of likely N-dealkylation sites (N-methyl/N-ethyl adjacent to an activating group) is 1. The third-order valence-electron chi connectivity index (χ3n) is 4.46. The standard InChI is InChI=1S/C22H23N3O2/c1-24-13-15-25(16-14-24)21-10-6-18(7-11-21)3-4-19-5-8-20(23-17-19)9-12-22(26)27-2/h5-12,17H,13-16H2,1-2H3/b12-9+. The summed E-state index contributed by atoms with van der Waals surface area (Å²) < 4.78 is 4.55. The van der Waals surface area contributed by atoms with Gasteiger partial charge in [0.2, 0.25) is 0 Å². The molecule has 1 aromatic heterocycles. The Morgan fingerprint density at radius 2 is 1.70 bits per heavy atom. The highest BCUT2D eigenvalue weighted by atomic mass is 16.5. The number of nitrogens with zero attached hydrogens (tertiary/aromatic N) is 3. The van der Waals surface area contributed by atoms with Gasteiger partial charge in [-0.05, 0) is 49.5 Å². The van der Waals surface area contributed by atoms with Crippen molar-refractivity contribution in [1.29, 1.82) is 0 Å². The molecule has 0 spiro atoms. The van der Waals surface area contributed by atoms with Gasteiger partial charge in [-0.25, -0.2) is 4.79 Å². The van der Waals surface area contributed by atoms with Crippen LogP contribution in [-0.2, 0) is 9.53 Å². The number of pyridine rings is 1. The van der Waals surface area contributed by atoms with E-state index in [9.17, 15) is 4.79 Å². The number of anilines is 1. The second-order valence-electron chi connectivity index (χ2n) is 6.42. The molecule has 2 heterocycles. The highest BCUT2D eigenvalue weighted by Crippen LogP contribution is 2.16. The van der Waals surface area contributed by atoms with Gasteiger partial charge in [-0.15, -0.1) is 0 Å². The first kappa shape index (κ1) is 18.7. The van der Waals surface area contributed by atoms with Gasteiger partial charge < -0.3 is 14.5 Å². The van der Waals surface area contributed by atoms with Crippen LogP contribution in [-0.4, -0.2) is 56.2 Å². The Labute approximate surface area is 160 Å². The Hall–Kier alpha value is -3.10. The zero-order chi connectivity index (χ0) is 19.1. The molecule has 138 valence electrons. The molecule has 3 rings (SSSR count). The molecule has 0 N–H and O–H groups in total. The number of hydrogen-bond acceptors (Lipinski definition) is 5. The minimum atomic E-state index is -0.402. The van der Waals surface area contributed by atoms with Gasteiger partial charge in [0.1, 0.15) is 0 Å². The summed E-state index contributed by atoms with van der Waals surface area (Å²) in [7, 11) is 3.50. The maximum absolute atomic E-state index is 11.1. The molecule has 27 heavy (non-hydrogen) atoms. The molecule has 0 atom stereocenters. The summed E-state index contributed by atoms with van der Waals surface area (Å²) in [6.07, 6.45) is 4.65. The lowest BCUT2D eigenvalue weighted by Gasteiger charge is -2.34. The number of benzene rings is 1. The van der Waals surface area contributed by atoms with E-state index in [-0.39, 0.29) is 0 Å². The van der Waals surface area contributed by atoms with E-state index in [2.05, 4.69) is 62.7 Å². The molecule has 1 fully saturated rings. The van der Waals surface area contributed by atoms with Crippen LogP contribution in [0, 0.1) is 11.8 Å². The van der Waals surface area contributed by atoms with E-state index in [1.807, 2.05) is 12.1 Å². The van der Waals surface area contributed by atoms with E-state index in [0.29, 0.717) is 5.69 Å². The van der Waals surface area contributed by atoms with Crippen molar-refractivity contribution in [3.63, 3.8) is 0 Å². The summed E-state index contributed by atoms with van der Waals surface area (Å²) in [5, 5.41) is 0. The topological polar surface area (TPSA) is 45.7 Å². The van der Waals surface area contributed by atoms with E-state index in [1.165, 1.54) is 18.9 Å². The largest absolute Gasteiger partial charge is 0.466 e. The molecular weight excluding hydrogens is 338 g/mol. The van der Waals surface area contributed by atoms with Crippen LogP contribution in [0.4, 0.5) is 5.69 Å². The molecule has 1 aliphatic heterocycles. The molecule has 2 aromatic rings. The molecule has 0 saturated carbocycles. The number of esters is 1. The number of ether oxygens (including phenoxy) is 1. The van der Waals surface area contributed by atoms with Crippen LogP contribution < -0.4 is 4.90 Å². The maximum Gasteiger partial charge on any atom is 0.330 e. The number of carbonyl (C=O) groups is 1. The van der Waals surface area contributed by atoms with E-state index in [0.717, 1.165) is 37.3 Å². The van der Waals surface area contributed by atoms with Crippen LogP contribution in [0.2, 0.25) is 0 Å². The summed E-state index contributed by atoms with van der Waals surface area (Å²) in [6, 6.07) is 12.1. The van der Waals surface area contributed by atoms with Crippen molar-refractivity contribution in [3.05, 3.63) is 65.5 Å². The van der Waals surface area contributed by atoms with Crippen LogP contribution >= 0.6 is 0 Å². The predicted molar refractivity (Wildman–Crippen MR) is 107 cm³/mol. The van der Waals surface area contributed by atoms with E-state index < -0.39 is 5.97 Å². The summed E-state index contributed by atoms with van der Waals surface area (Å²) in [5.74, 6) is 5.89.